The Hall–Kier alpha value is 0.200. The van der Waals surface area contributed by atoms with Gasteiger partial charge in [0.1, 0.15) is 0 Å². The van der Waals surface area contributed by atoms with Gasteiger partial charge in [0.05, 0.1) is 5.75 Å². The number of hydrogen-bond donors (Lipinski definition) is 1. The molecule has 98 valence electrons. The lowest BCUT2D eigenvalue weighted by molar-refractivity contribution is 0.252. The molecule has 0 rings (SSSR count). The van der Waals surface area contributed by atoms with Gasteiger partial charge in [0.15, 0.2) is 0 Å². The van der Waals surface area contributed by atoms with Crippen LogP contribution in [0.15, 0.2) is 0 Å². The summed E-state index contributed by atoms with van der Waals surface area (Å²) in [6.07, 6.45) is 1.37. The summed E-state index contributed by atoms with van der Waals surface area (Å²) < 4.78 is 25.9. The average Bonchev–Trinajstić information content (AvgIpc) is 2.15. The number of hydrogen-bond acceptors (Lipinski definition) is 2. The Morgan fingerprint density at radius 2 is 1.81 bits per heavy atom. The Balaban J connectivity index is 4.09. The molecule has 0 saturated carbocycles. The Morgan fingerprint density at radius 1 is 1.25 bits per heavy atom. The minimum atomic E-state index is -3.13. The minimum absolute atomic E-state index is 0.0143. The third-order valence-corrected chi connectivity index (χ3v) is 4.78. The molecule has 0 fully saturated rings. The normalized spacial score (nSPS) is 13.4. The van der Waals surface area contributed by atoms with E-state index in [1.807, 2.05) is 0 Å². The van der Waals surface area contributed by atoms with Crippen LogP contribution >= 0.6 is 11.6 Å². The topological polar surface area (TPSA) is 46.2 Å². The molecule has 0 amide bonds. The standard InChI is InChI=1S/C11H24ClNO2S/c1-10(2)11(3,4)9-13-16(14,15)8-6-5-7-12/h10,13H,5-9H2,1-4H3. The molecular formula is C11H24ClNO2S. The molecule has 0 spiro atoms. The first-order valence-corrected chi connectivity index (χ1v) is 7.93. The quantitative estimate of drug-likeness (QED) is 0.544. The Kier molecular flexibility index (Phi) is 6.90. The van der Waals surface area contributed by atoms with Crippen LogP contribution in [0.2, 0.25) is 0 Å². The van der Waals surface area contributed by atoms with Gasteiger partial charge in [-0.15, -0.1) is 11.6 Å². The Labute approximate surface area is 105 Å². The second-order valence-electron chi connectivity index (χ2n) is 5.18. The highest BCUT2D eigenvalue weighted by atomic mass is 35.5. The van der Waals surface area contributed by atoms with Crippen LogP contribution < -0.4 is 4.72 Å². The van der Waals surface area contributed by atoms with Gasteiger partial charge >= 0.3 is 0 Å². The van der Waals surface area contributed by atoms with Crippen LogP contribution in [-0.2, 0) is 10.0 Å². The molecule has 0 aromatic heterocycles. The molecule has 0 bridgehead atoms. The zero-order chi connectivity index (χ0) is 12.8. The van der Waals surface area contributed by atoms with Crippen molar-refractivity contribution in [2.75, 3.05) is 18.2 Å². The fourth-order valence-electron chi connectivity index (χ4n) is 0.959. The monoisotopic (exact) mass is 269 g/mol. The van der Waals surface area contributed by atoms with E-state index >= 15 is 0 Å². The number of rotatable bonds is 8. The zero-order valence-corrected chi connectivity index (χ0v) is 12.3. The molecule has 0 aliphatic carbocycles. The van der Waals surface area contributed by atoms with Crippen LogP contribution in [0.4, 0.5) is 0 Å². The first-order valence-electron chi connectivity index (χ1n) is 5.74. The molecular weight excluding hydrogens is 246 g/mol. The van der Waals surface area contributed by atoms with Crippen molar-refractivity contribution >= 4 is 21.6 Å². The van der Waals surface area contributed by atoms with Crippen LogP contribution in [0.5, 0.6) is 0 Å². The van der Waals surface area contributed by atoms with Crippen molar-refractivity contribution in [2.24, 2.45) is 11.3 Å². The highest BCUT2D eigenvalue weighted by Gasteiger charge is 2.24. The Morgan fingerprint density at radius 3 is 2.25 bits per heavy atom. The molecule has 5 heteroatoms. The molecule has 0 aromatic rings. The first-order chi connectivity index (χ1) is 7.21. The number of nitrogens with one attached hydrogen (secondary N) is 1. The fraction of sp³-hybridized carbons (Fsp3) is 1.00. The van der Waals surface area contributed by atoms with E-state index in [9.17, 15) is 8.42 Å². The molecule has 1 N–H and O–H groups in total. The van der Waals surface area contributed by atoms with Crippen LogP contribution in [0.3, 0.4) is 0 Å². The molecule has 0 atom stereocenters. The van der Waals surface area contributed by atoms with E-state index in [0.29, 0.717) is 24.8 Å². The summed E-state index contributed by atoms with van der Waals surface area (Å²) in [5, 5.41) is 0. The van der Waals surface area contributed by atoms with Gasteiger partial charge in [-0.1, -0.05) is 27.7 Å². The van der Waals surface area contributed by atoms with Gasteiger partial charge in [0.25, 0.3) is 0 Å². The van der Waals surface area contributed by atoms with Gasteiger partial charge in [0.2, 0.25) is 10.0 Å². The SMILES string of the molecule is CC(C)C(C)(C)CNS(=O)(=O)CCCCCl. The highest BCUT2D eigenvalue weighted by Crippen LogP contribution is 2.24. The number of alkyl halides is 1. The maximum absolute atomic E-state index is 11.6. The number of unbranched alkanes of at least 4 members (excludes halogenated alkanes) is 1. The van der Waals surface area contributed by atoms with Crippen molar-refractivity contribution in [1.29, 1.82) is 0 Å². The van der Waals surface area contributed by atoms with E-state index in [0.717, 1.165) is 6.42 Å². The smallest absolute Gasteiger partial charge is 0.211 e. The van der Waals surface area contributed by atoms with Gasteiger partial charge in [0, 0.05) is 12.4 Å². The molecule has 0 aromatic carbocycles. The van der Waals surface area contributed by atoms with E-state index in [1.54, 1.807) is 0 Å². The predicted molar refractivity (Wildman–Crippen MR) is 70.4 cm³/mol. The summed E-state index contributed by atoms with van der Waals surface area (Å²) in [6.45, 7) is 8.83. The summed E-state index contributed by atoms with van der Waals surface area (Å²) in [4.78, 5) is 0. The van der Waals surface area contributed by atoms with Gasteiger partial charge in [-0.25, -0.2) is 13.1 Å². The van der Waals surface area contributed by atoms with E-state index in [2.05, 4.69) is 32.4 Å². The lowest BCUT2D eigenvalue weighted by Crippen LogP contribution is -2.38. The molecule has 0 heterocycles. The summed E-state index contributed by atoms with van der Waals surface area (Å²) in [7, 11) is -3.13. The summed E-state index contributed by atoms with van der Waals surface area (Å²) in [6, 6.07) is 0. The average molecular weight is 270 g/mol. The molecule has 0 aliphatic heterocycles. The molecule has 0 saturated heterocycles. The molecule has 16 heavy (non-hydrogen) atoms. The second kappa shape index (κ2) is 6.82. The second-order valence-corrected chi connectivity index (χ2v) is 7.48. The van der Waals surface area contributed by atoms with E-state index in [4.69, 9.17) is 11.6 Å². The third kappa shape index (κ3) is 6.71. The van der Waals surface area contributed by atoms with Gasteiger partial charge in [-0.05, 0) is 24.2 Å². The van der Waals surface area contributed by atoms with Crippen molar-refractivity contribution in [3.8, 4) is 0 Å². The van der Waals surface area contributed by atoms with Crippen LogP contribution in [0.25, 0.3) is 0 Å². The maximum Gasteiger partial charge on any atom is 0.211 e. The van der Waals surface area contributed by atoms with Crippen molar-refractivity contribution < 1.29 is 8.42 Å². The highest BCUT2D eigenvalue weighted by molar-refractivity contribution is 7.89. The van der Waals surface area contributed by atoms with Crippen molar-refractivity contribution in [2.45, 2.75) is 40.5 Å². The van der Waals surface area contributed by atoms with Gasteiger partial charge in [-0.2, -0.15) is 0 Å². The van der Waals surface area contributed by atoms with Crippen LogP contribution in [0.1, 0.15) is 40.5 Å². The Bertz CT molecular complexity index is 286. The lowest BCUT2D eigenvalue weighted by Gasteiger charge is -2.29. The number of halogens is 1. The van der Waals surface area contributed by atoms with Gasteiger partial charge < -0.3 is 0 Å². The van der Waals surface area contributed by atoms with E-state index in [-0.39, 0.29) is 11.2 Å². The maximum atomic E-state index is 11.6. The van der Waals surface area contributed by atoms with Crippen LogP contribution in [0, 0.1) is 11.3 Å². The van der Waals surface area contributed by atoms with Crippen molar-refractivity contribution in [3.63, 3.8) is 0 Å². The molecule has 0 radical (unpaired) electrons. The van der Waals surface area contributed by atoms with Gasteiger partial charge in [-0.3, -0.25) is 0 Å². The van der Waals surface area contributed by atoms with Crippen LogP contribution in [-0.4, -0.2) is 26.6 Å². The fourth-order valence-corrected chi connectivity index (χ4v) is 2.47. The minimum Gasteiger partial charge on any atom is -0.215 e. The lowest BCUT2D eigenvalue weighted by atomic mass is 9.81. The molecule has 3 nitrogen and oxygen atoms in total. The first kappa shape index (κ1) is 16.2. The van der Waals surface area contributed by atoms with E-state index < -0.39 is 10.0 Å². The van der Waals surface area contributed by atoms with Crippen molar-refractivity contribution in [3.05, 3.63) is 0 Å². The zero-order valence-electron chi connectivity index (χ0n) is 10.7. The molecule has 0 unspecified atom stereocenters. The van der Waals surface area contributed by atoms with E-state index in [1.165, 1.54) is 0 Å². The number of sulfonamides is 1. The largest absolute Gasteiger partial charge is 0.215 e. The summed E-state index contributed by atoms with van der Waals surface area (Å²) in [5.74, 6) is 1.14. The predicted octanol–water partition coefficient (Wildman–Crippen LogP) is 2.61. The third-order valence-electron chi connectivity index (χ3n) is 3.11. The van der Waals surface area contributed by atoms with Crippen molar-refractivity contribution in [1.82, 2.24) is 4.72 Å². The summed E-state index contributed by atoms with van der Waals surface area (Å²) >= 11 is 5.51. The molecule has 0 aliphatic rings. The summed E-state index contributed by atoms with van der Waals surface area (Å²) in [5.41, 5.74) is -0.0143.